The van der Waals surface area contributed by atoms with Crippen molar-refractivity contribution < 1.29 is 14.3 Å². The zero-order valence-electron chi connectivity index (χ0n) is 24.2. The lowest BCUT2D eigenvalue weighted by atomic mass is 9.80. The molecule has 41 heavy (non-hydrogen) atoms. The lowest BCUT2D eigenvalue weighted by molar-refractivity contribution is 0.0471. The van der Waals surface area contributed by atoms with Crippen LogP contribution in [0.3, 0.4) is 0 Å². The standard InChI is InChI=1S/C36H38N2O3/c1-4-37(5-2)27-17-18-30-34(22-27)41-33-21-25(3)32(38-19-11-12-20-38)23-31(33)35(30)28-15-9-10-16-29(28)36(39)40-24-26-13-7-6-8-14-26/h6-10,13-18,21-23,35H,4-5,11-12,19-20,24H2,1-3H3. The van der Waals surface area contributed by atoms with E-state index in [0.29, 0.717) is 5.56 Å². The van der Waals surface area contributed by atoms with Crippen LogP contribution < -0.4 is 14.5 Å². The third-order valence-corrected chi connectivity index (χ3v) is 8.45. The molecule has 2 heterocycles. The third-order valence-electron chi connectivity index (χ3n) is 8.45. The van der Waals surface area contributed by atoms with Crippen LogP contribution in [0.2, 0.25) is 0 Å². The number of rotatable bonds is 8. The average Bonchev–Trinajstić information content (AvgIpc) is 3.54. The number of anilines is 2. The smallest absolute Gasteiger partial charge is 0.338 e. The van der Waals surface area contributed by atoms with E-state index in [0.717, 1.165) is 65.6 Å². The van der Waals surface area contributed by atoms with Crippen molar-refractivity contribution in [3.63, 3.8) is 0 Å². The van der Waals surface area contributed by atoms with Crippen LogP contribution >= 0.6 is 0 Å². The molecule has 4 aromatic rings. The minimum Gasteiger partial charge on any atom is -0.457 e. The van der Waals surface area contributed by atoms with Gasteiger partial charge in [0.1, 0.15) is 18.1 Å². The molecule has 1 saturated heterocycles. The van der Waals surface area contributed by atoms with Gasteiger partial charge in [0.15, 0.2) is 0 Å². The van der Waals surface area contributed by atoms with Crippen LogP contribution in [0.1, 0.15) is 70.8 Å². The fourth-order valence-corrected chi connectivity index (χ4v) is 6.29. The Morgan fingerprint density at radius 1 is 0.854 bits per heavy atom. The number of nitrogens with zero attached hydrogens (tertiary/aromatic N) is 2. The third kappa shape index (κ3) is 5.29. The van der Waals surface area contributed by atoms with E-state index >= 15 is 0 Å². The van der Waals surface area contributed by atoms with Crippen LogP contribution in [0, 0.1) is 6.92 Å². The first kappa shape index (κ1) is 26.9. The van der Waals surface area contributed by atoms with E-state index in [1.54, 1.807) is 0 Å². The van der Waals surface area contributed by atoms with E-state index in [-0.39, 0.29) is 18.5 Å². The molecule has 210 valence electrons. The highest BCUT2D eigenvalue weighted by molar-refractivity contribution is 5.92. The van der Waals surface area contributed by atoms with Crippen LogP contribution in [0.5, 0.6) is 11.5 Å². The Bertz CT molecular complexity index is 1540. The maximum absolute atomic E-state index is 13.6. The van der Waals surface area contributed by atoms with E-state index in [1.165, 1.54) is 24.1 Å². The van der Waals surface area contributed by atoms with E-state index in [1.807, 2.05) is 48.5 Å². The number of carbonyl (C=O) groups excluding carboxylic acids is 1. The maximum atomic E-state index is 13.6. The molecule has 5 heteroatoms. The van der Waals surface area contributed by atoms with Crippen molar-refractivity contribution >= 4 is 17.3 Å². The van der Waals surface area contributed by atoms with Crippen molar-refractivity contribution in [2.45, 2.75) is 46.1 Å². The van der Waals surface area contributed by atoms with Crippen LogP contribution in [0.4, 0.5) is 11.4 Å². The zero-order chi connectivity index (χ0) is 28.3. The van der Waals surface area contributed by atoms with Gasteiger partial charge < -0.3 is 19.3 Å². The van der Waals surface area contributed by atoms with E-state index in [4.69, 9.17) is 9.47 Å². The van der Waals surface area contributed by atoms with Gasteiger partial charge in [-0.2, -0.15) is 0 Å². The summed E-state index contributed by atoms with van der Waals surface area (Å²) in [5.74, 6) is 1.22. The number of fused-ring (bicyclic) bond motifs is 2. The summed E-state index contributed by atoms with van der Waals surface area (Å²) in [5.41, 5.74) is 8.24. The summed E-state index contributed by atoms with van der Waals surface area (Å²) in [4.78, 5) is 18.4. The Balaban J connectivity index is 1.46. The Labute approximate surface area is 243 Å². The lowest BCUT2D eigenvalue weighted by Gasteiger charge is -2.33. The fraction of sp³-hybridized carbons (Fsp3) is 0.306. The topological polar surface area (TPSA) is 42.0 Å². The van der Waals surface area contributed by atoms with Gasteiger partial charge in [-0.05, 0) is 74.6 Å². The second kappa shape index (κ2) is 11.7. The van der Waals surface area contributed by atoms with Crippen LogP contribution in [0.25, 0.3) is 0 Å². The number of esters is 1. The Morgan fingerprint density at radius 2 is 1.56 bits per heavy atom. The quantitative estimate of drug-likeness (QED) is 0.184. The highest BCUT2D eigenvalue weighted by Gasteiger charge is 2.33. The van der Waals surface area contributed by atoms with Crippen LogP contribution in [0.15, 0.2) is 84.9 Å². The van der Waals surface area contributed by atoms with Gasteiger partial charge in [-0.15, -0.1) is 0 Å². The van der Waals surface area contributed by atoms with Crippen molar-refractivity contribution in [3.05, 3.63) is 118 Å². The summed E-state index contributed by atoms with van der Waals surface area (Å²) in [6.45, 7) is 10.7. The monoisotopic (exact) mass is 546 g/mol. The zero-order valence-corrected chi connectivity index (χ0v) is 24.2. The molecule has 0 spiro atoms. The first-order chi connectivity index (χ1) is 20.1. The molecule has 1 unspecified atom stereocenters. The fourth-order valence-electron chi connectivity index (χ4n) is 6.29. The molecule has 6 rings (SSSR count). The number of benzene rings is 4. The normalized spacial score (nSPS) is 15.6. The Hall–Kier alpha value is -4.25. The van der Waals surface area contributed by atoms with Gasteiger partial charge >= 0.3 is 5.97 Å². The molecule has 2 aliphatic rings. The molecule has 0 N–H and O–H groups in total. The number of aryl methyl sites for hydroxylation is 1. The summed E-state index contributed by atoms with van der Waals surface area (Å²) in [6, 6.07) is 28.7. The molecule has 0 amide bonds. The number of hydrogen-bond acceptors (Lipinski definition) is 5. The van der Waals surface area contributed by atoms with Crippen LogP contribution in [-0.4, -0.2) is 32.1 Å². The highest BCUT2D eigenvalue weighted by Crippen LogP contribution is 2.51. The molecule has 0 bridgehead atoms. The molecule has 4 aromatic carbocycles. The summed E-state index contributed by atoms with van der Waals surface area (Å²) >= 11 is 0. The number of ether oxygens (including phenoxy) is 2. The van der Waals surface area contributed by atoms with Crippen molar-refractivity contribution in [1.82, 2.24) is 0 Å². The van der Waals surface area contributed by atoms with Crippen LogP contribution in [-0.2, 0) is 11.3 Å². The molecule has 2 aliphatic heterocycles. The predicted octanol–water partition coefficient (Wildman–Crippen LogP) is 8.08. The molecule has 5 nitrogen and oxygen atoms in total. The molecular formula is C36H38N2O3. The molecule has 1 atom stereocenters. The molecule has 0 aromatic heterocycles. The summed E-state index contributed by atoms with van der Waals surface area (Å²) in [6.07, 6.45) is 2.42. The van der Waals surface area contributed by atoms with E-state index < -0.39 is 0 Å². The number of carbonyl (C=O) groups is 1. The predicted molar refractivity (Wildman–Crippen MR) is 166 cm³/mol. The second-order valence-corrected chi connectivity index (χ2v) is 10.9. The first-order valence-corrected chi connectivity index (χ1v) is 14.8. The largest absolute Gasteiger partial charge is 0.457 e. The first-order valence-electron chi connectivity index (χ1n) is 14.8. The van der Waals surface area contributed by atoms with Gasteiger partial charge in [0.05, 0.1) is 5.56 Å². The Morgan fingerprint density at radius 3 is 2.32 bits per heavy atom. The average molecular weight is 547 g/mol. The van der Waals surface area contributed by atoms with Crippen molar-refractivity contribution in [2.24, 2.45) is 0 Å². The van der Waals surface area contributed by atoms with Gasteiger partial charge in [0.2, 0.25) is 0 Å². The molecule has 0 radical (unpaired) electrons. The van der Waals surface area contributed by atoms with Crippen molar-refractivity contribution in [2.75, 3.05) is 36.0 Å². The van der Waals surface area contributed by atoms with Gasteiger partial charge in [-0.3, -0.25) is 0 Å². The maximum Gasteiger partial charge on any atom is 0.338 e. The van der Waals surface area contributed by atoms with Crippen molar-refractivity contribution in [1.29, 1.82) is 0 Å². The molecular weight excluding hydrogens is 508 g/mol. The summed E-state index contributed by atoms with van der Waals surface area (Å²) in [5, 5.41) is 0. The summed E-state index contributed by atoms with van der Waals surface area (Å²) in [7, 11) is 0. The Kier molecular flexibility index (Phi) is 7.69. The molecule has 0 aliphatic carbocycles. The van der Waals surface area contributed by atoms with Gasteiger partial charge in [0.25, 0.3) is 0 Å². The molecule has 1 fully saturated rings. The number of hydrogen-bond donors (Lipinski definition) is 0. The van der Waals surface area contributed by atoms with Crippen molar-refractivity contribution in [3.8, 4) is 11.5 Å². The molecule has 0 saturated carbocycles. The minimum atomic E-state index is -0.314. The van der Waals surface area contributed by atoms with Gasteiger partial charge in [0, 0.05) is 60.7 Å². The highest BCUT2D eigenvalue weighted by atomic mass is 16.5. The van der Waals surface area contributed by atoms with Gasteiger partial charge in [-0.1, -0.05) is 54.6 Å². The van der Waals surface area contributed by atoms with E-state index in [2.05, 4.69) is 67.0 Å². The van der Waals surface area contributed by atoms with E-state index in [9.17, 15) is 4.79 Å². The second-order valence-electron chi connectivity index (χ2n) is 10.9. The SMILES string of the molecule is CCN(CC)c1ccc2c(c1)Oc1cc(C)c(N3CCCC3)cc1C2c1ccccc1C(=O)OCc1ccccc1. The lowest BCUT2D eigenvalue weighted by Crippen LogP contribution is -2.23. The minimum absolute atomic E-state index is 0.165. The van der Waals surface area contributed by atoms with Gasteiger partial charge in [-0.25, -0.2) is 4.79 Å². The summed E-state index contributed by atoms with van der Waals surface area (Å²) < 4.78 is 12.5.